The number of pyridine rings is 1. The summed E-state index contributed by atoms with van der Waals surface area (Å²) in [5.74, 6) is -0.646. The van der Waals surface area contributed by atoms with Gasteiger partial charge in [-0.1, -0.05) is 23.4 Å². The largest absolute Gasteiger partial charge is 0.287 e. The molecule has 0 unspecified atom stereocenters. The molecule has 0 aliphatic carbocycles. The summed E-state index contributed by atoms with van der Waals surface area (Å²) < 4.78 is 0. The Morgan fingerprint density at radius 1 is 1.32 bits per heavy atom. The first-order valence-electron chi connectivity index (χ1n) is 5.18. The fourth-order valence-corrected chi connectivity index (χ4v) is 2.34. The highest BCUT2D eigenvalue weighted by Crippen LogP contribution is 2.29. The summed E-state index contributed by atoms with van der Waals surface area (Å²) in [6.07, 6.45) is 1.57. The number of benzene rings is 1. The van der Waals surface area contributed by atoms with Crippen LogP contribution >= 0.6 is 23.4 Å². The molecule has 2 rings (SSSR count). The van der Waals surface area contributed by atoms with E-state index in [0.29, 0.717) is 10.0 Å². The average molecular weight is 291 g/mol. The van der Waals surface area contributed by atoms with E-state index in [-0.39, 0.29) is 5.56 Å². The van der Waals surface area contributed by atoms with Crippen molar-refractivity contribution in [1.29, 1.82) is 0 Å². The minimum absolute atomic E-state index is 0.278. The van der Waals surface area contributed by atoms with Crippen LogP contribution in [0.4, 0.5) is 0 Å². The molecule has 0 bridgehead atoms. The Hall–Kier alpha value is -2.01. The first-order valence-corrected chi connectivity index (χ1v) is 6.38. The van der Waals surface area contributed by atoms with Crippen LogP contribution in [0, 0.1) is 0 Å². The zero-order valence-electron chi connectivity index (χ0n) is 9.52. The van der Waals surface area contributed by atoms with E-state index in [2.05, 4.69) is 15.0 Å². The third-order valence-electron chi connectivity index (χ3n) is 2.17. The van der Waals surface area contributed by atoms with Crippen LogP contribution in [0.5, 0.6) is 0 Å². The molecule has 0 aliphatic rings. The van der Waals surface area contributed by atoms with Gasteiger partial charge in [0.1, 0.15) is 5.03 Å². The van der Waals surface area contributed by atoms with E-state index in [9.17, 15) is 4.79 Å². The normalized spacial score (nSPS) is 9.74. The van der Waals surface area contributed by atoms with Crippen LogP contribution in [0.3, 0.4) is 0 Å². The van der Waals surface area contributed by atoms with Crippen molar-refractivity contribution >= 4 is 29.3 Å². The van der Waals surface area contributed by atoms with Crippen molar-refractivity contribution in [1.82, 2.24) is 4.98 Å². The number of aromatic nitrogens is 1. The maximum Gasteiger partial charge on any atom is 0.251 e. The van der Waals surface area contributed by atoms with E-state index in [4.69, 9.17) is 17.1 Å². The molecule has 2 aromatic rings. The van der Waals surface area contributed by atoms with E-state index in [1.807, 2.05) is 12.1 Å². The molecule has 0 spiro atoms. The van der Waals surface area contributed by atoms with Gasteiger partial charge in [-0.15, -0.1) is 0 Å². The van der Waals surface area contributed by atoms with E-state index >= 15 is 0 Å². The standard InChI is InChI=1S/C12H7ClN4OS/c13-8-3-5-9(6-4-8)19-12-10(2-1-7-15-12)11(18)16-17-14/h1-7H. The molecule has 0 fully saturated rings. The molecular formula is C12H7ClN4OS. The van der Waals surface area contributed by atoms with Crippen LogP contribution in [-0.2, 0) is 0 Å². The molecular weight excluding hydrogens is 284 g/mol. The Labute approximate surface area is 118 Å². The number of halogens is 1. The molecule has 5 nitrogen and oxygen atoms in total. The molecule has 0 atom stereocenters. The van der Waals surface area contributed by atoms with E-state index in [1.165, 1.54) is 11.8 Å². The topological polar surface area (TPSA) is 78.7 Å². The molecule has 0 aliphatic heterocycles. The van der Waals surface area contributed by atoms with Gasteiger partial charge in [-0.25, -0.2) is 4.98 Å². The molecule has 0 N–H and O–H groups in total. The van der Waals surface area contributed by atoms with Crippen molar-refractivity contribution in [2.24, 2.45) is 5.11 Å². The minimum Gasteiger partial charge on any atom is -0.287 e. The van der Waals surface area contributed by atoms with Crippen molar-refractivity contribution in [3.05, 3.63) is 63.6 Å². The van der Waals surface area contributed by atoms with Crippen LogP contribution in [0.15, 0.2) is 57.6 Å². The van der Waals surface area contributed by atoms with Crippen LogP contribution in [0.25, 0.3) is 10.4 Å². The first-order chi connectivity index (χ1) is 9.20. The lowest BCUT2D eigenvalue weighted by Gasteiger charge is -2.04. The van der Waals surface area contributed by atoms with Crippen LogP contribution in [-0.4, -0.2) is 10.9 Å². The maximum atomic E-state index is 11.6. The van der Waals surface area contributed by atoms with Gasteiger partial charge in [0.15, 0.2) is 0 Å². The van der Waals surface area contributed by atoms with Gasteiger partial charge < -0.3 is 0 Å². The predicted octanol–water partition coefficient (Wildman–Crippen LogP) is 4.34. The molecule has 1 heterocycles. The van der Waals surface area contributed by atoms with Crippen molar-refractivity contribution in [3.8, 4) is 0 Å². The number of nitrogens with zero attached hydrogens (tertiary/aromatic N) is 4. The van der Waals surface area contributed by atoms with E-state index in [1.54, 1.807) is 30.5 Å². The van der Waals surface area contributed by atoms with Gasteiger partial charge in [0.25, 0.3) is 5.91 Å². The number of azide groups is 1. The van der Waals surface area contributed by atoms with Gasteiger partial charge in [-0.05, 0) is 47.0 Å². The third kappa shape index (κ3) is 3.48. The van der Waals surface area contributed by atoms with Crippen molar-refractivity contribution in [3.63, 3.8) is 0 Å². The zero-order chi connectivity index (χ0) is 13.7. The smallest absolute Gasteiger partial charge is 0.251 e. The number of amides is 1. The monoisotopic (exact) mass is 290 g/mol. The number of carbonyl (C=O) groups is 1. The fraction of sp³-hybridized carbons (Fsp3) is 0. The third-order valence-corrected chi connectivity index (χ3v) is 3.44. The van der Waals surface area contributed by atoms with Gasteiger partial charge >= 0.3 is 0 Å². The van der Waals surface area contributed by atoms with Gasteiger partial charge in [0.2, 0.25) is 0 Å². The summed E-state index contributed by atoms with van der Waals surface area (Å²) >= 11 is 7.11. The Morgan fingerprint density at radius 3 is 2.74 bits per heavy atom. The van der Waals surface area contributed by atoms with Gasteiger partial charge in [0, 0.05) is 21.0 Å². The van der Waals surface area contributed by atoms with Gasteiger partial charge in [-0.3, -0.25) is 4.79 Å². The summed E-state index contributed by atoms with van der Waals surface area (Å²) in [7, 11) is 0. The van der Waals surface area contributed by atoms with Gasteiger partial charge in [-0.2, -0.15) is 0 Å². The highest BCUT2D eigenvalue weighted by molar-refractivity contribution is 7.99. The first kappa shape index (κ1) is 13.4. The number of carbonyl (C=O) groups excluding carboxylic acids is 1. The summed E-state index contributed by atoms with van der Waals surface area (Å²) in [5, 5.41) is 4.20. The number of hydrogen-bond acceptors (Lipinski definition) is 3. The Morgan fingerprint density at radius 2 is 2.05 bits per heavy atom. The fourth-order valence-electron chi connectivity index (χ4n) is 1.34. The molecule has 19 heavy (non-hydrogen) atoms. The highest BCUT2D eigenvalue weighted by atomic mass is 35.5. The summed E-state index contributed by atoms with van der Waals surface area (Å²) in [6.45, 7) is 0. The zero-order valence-corrected chi connectivity index (χ0v) is 11.1. The lowest BCUT2D eigenvalue weighted by atomic mass is 10.3. The molecule has 7 heteroatoms. The summed E-state index contributed by atoms with van der Waals surface area (Å²) in [4.78, 5) is 19.1. The second kappa shape index (κ2) is 6.24. The second-order valence-corrected chi connectivity index (χ2v) is 4.91. The molecule has 1 aromatic heterocycles. The van der Waals surface area contributed by atoms with E-state index in [0.717, 1.165) is 4.90 Å². The van der Waals surface area contributed by atoms with E-state index < -0.39 is 5.91 Å². The molecule has 1 amide bonds. The number of hydrogen-bond donors (Lipinski definition) is 0. The van der Waals surface area contributed by atoms with Crippen molar-refractivity contribution in [2.75, 3.05) is 0 Å². The molecule has 0 radical (unpaired) electrons. The average Bonchev–Trinajstić information content (AvgIpc) is 2.42. The summed E-state index contributed by atoms with van der Waals surface area (Å²) in [6, 6.07) is 10.3. The molecule has 0 saturated carbocycles. The molecule has 0 saturated heterocycles. The Kier molecular flexibility index (Phi) is 4.41. The molecule has 1 aromatic carbocycles. The minimum atomic E-state index is -0.646. The van der Waals surface area contributed by atoms with Crippen LogP contribution in [0.2, 0.25) is 5.02 Å². The molecule has 94 valence electrons. The van der Waals surface area contributed by atoms with Crippen LogP contribution in [0.1, 0.15) is 10.4 Å². The Bertz CT molecular complexity index is 653. The lowest BCUT2D eigenvalue weighted by Crippen LogP contribution is -1.97. The quantitative estimate of drug-likeness (QED) is 0.479. The Balaban J connectivity index is 2.32. The maximum absolute atomic E-state index is 11.6. The predicted molar refractivity (Wildman–Crippen MR) is 73.3 cm³/mol. The SMILES string of the molecule is [N-]=[N+]=NC(=O)c1cccnc1Sc1ccc(Cl)cc1. The van der Waals surface area contributed by atoms with Crippen molar-refractivity contribution < 1.29 is 4.79 Å². The van der Waals surface area contributed by atoms with Crippen LogP contribution < -0.4 is 0 Å². The summed E-state index contributed by atoms with van der Waals surface area (Å²) in [5.41, 5.74) is 8.58. The second-order valence-electron chi connectivity index (χ2n) is 3.41. The van der Waals surface area contributed by atoms with Crippen molar-refractivity contribution in [2.45, 2.75) is 9.92 Å². The van der Waals surface area contributed by atoms with Gasteiger partial charge in [0.05, 0.1) is 5.56 Å². The highest BCUT2D eigenvalue weighted by Gasteiger charge is 2.11. The number of rotatable bonds is 3. The lowest BCUT2D eigenvalue weighted by molar-refractivity contribution is 0.0997.